The number of aliphatic carboxylic acids is 1. The molecular weight excluding hydrogens is 366 g/mol. The Morgan fingerprint density at radius 1 is 1.35 bits per heavy atom. The lowest BCUT2D eigenvalue weighted by Gasteiger charge is -2.22. The number of nitrogens with zero attached hydrogens (tertiary/aromatic N) is 1. The smallest absolute Gasteiger partial charge is 0.304 e. The topological polar surface area (TPSA) is 40.5 Å². The number of likely N-dealkylation sites (tertiary alicyclic amines) is 1. The Morgan fingerprint density at radius 2 is 2.12 bits per heavy atom. The minimum absolute atomic E-state index is 0.184. The Balaban J connectivity index is 1.76. The van der Waals surface area contributed by atoms with Crippen LogP contribution in [-0.4, -0.2) is 35.1 Å². The molecule has 1 saturated heterocycles. The quantitative estimate of drug-likeness (QED) is 0.682. The van der Waals surface area contributed by atoms with Crippen LogP contribution in [0, 0.1) is 6.92 Å². The first-order valence-electron chi connectivity index (χ1n) is 9.01. The van der Waals surface area contributed by atoms with Crippen LogP contribution in [0.15, 0.2) is 41.8 Å². The van der Waals surface area contributed by atoms with Crippen LogP contribution >= 0.6 is 22.9 Å². The third-order valence-electron chi connectivity index (χ3n) is 4.94. The van der Waals surface area contributed by atoms with Crippen LogP contribution in [-0.2, 0) is 4.79 Å². The lowest BCUT2D eigenvalue weighted by Crippen LogP contribution is -2.32. The number of benzene rings is 1. The molecule has 0 spiro atoms. The van der Waals surface area contributed by atoms with Gasteiger partial charge in [0.2, 0.25) is 0 Å². The Kier molecular flexibility index (Phi) is 6.52. The highest BCUT2D eigenvalue weighted by Gasteiger charge is 2.25. The predicted molar refractivity (Wildman–Crippen MR) is 109 cm³/mol. The number of halogens is 1. The van der Waals surface area contributed by atoms with Crippen molar-refractivity contribution in [2.24, 2.45) is 0 Å². The Bertz CT molecular complexity index is 782. The molecule has 2 aromatic rings. The van der Waals surface area contributed by atoms with Gasteiger partial charge in [0.1, 0.15) is 0 Å². The molecule has 5 heteroatoms. The zero-order chi connectivity index (χ0) is 18.5. The van der Waals surface area contributed by atoms with Crippen LogP contribution in [0.3, 0.4) is 0 Å². The van der Waals surface area contributed by atoms with Gasteiger partial charge in [0, 0.05) is 22.5 Å². The first-order valence-corrected chi connectivity index (χ1v) is 10.3. The summed E-state index contributed by atoms with van der Waals surface area (Å²) in [7, 11) is 0. The van der Waals surface area contributed by atoms with Crippen molar-refractivity contribution in [2.75, 3.05) is 13.1 Å². The summed E-state index contributed by atoms with van der Waals surface area (Å²) in [6, 6.07) is 10.3. The van der Waals surface area contributed by atoms with E-state index in [4.69, 9.17) is 16.7 Å². The van der Waals surface area contributed by atoms with Crippen molar-refractivity contribution in [2.45, 2.75) is 38.6 Å². The van der Waals surface area contributed by atoms with Crippen molar-refractivity contribution in [3.05, 3.63) is 62.8 Å². The van der Waals surface area contributed by atoms with Gasteiger partial charge >= 0.3 is 5.97 Å². The molecule has 0 bridgehead atoms. The monoisotopic (exact) mass is 389 g/mol. The molecule has 3 rings (SSSR count). The van der Waals surface area contributed by atoms with Gasteiger partial charge < -0.3 is 5.11 Å². The summed E-state index contributed by atoms with van der Waals surface area (Å²) in [6.45, 7) is 4.04. The second-order valence-corrected chi connectivity index (χ2v) is 8.13. The molecule has 0 saturated carbocycles. The van der Waals surface area contributed by atoms with Crippen LogP contribution < -0.4 is 0 Å². The van der Waals surface area contributed by atoms with Gasteiger partial charge in [0.05, 0.1) is 6.42 Å². The van der Waals surface area contributed by atoms with Crippen LogP contribution in [0.1, 0.15) is 41.7 Å². The number of rotatable bonds is 7. The second-order valence-electron chi connectivity index (χ2n) is 6.78. The summed E-state index contributed by atoms with van der Waals surface area (Å²) in [4.78, 5) is 14.7. The minimum Gasteiger partial charge on any atom is -0.481 e. The molecule has 1 aliphatic rings. The Hall–Kier alpha value is -1.62. The van der Waals surface area contributed by atoms with Crippen LogP contribution in [0.4, 0.5) is 0 Å². The third-order valence-corrected chi connectivity index (χ3v) is 6.24. The fraction of sp³-hybridized carbons (Fsp3) is 0.381. The molecule has 0 amide bonds. The van der Waals surface area contributed by atoms with E-state index < -0.39 is 5.97 Å². The van der Waals surface area contributed by atoms with E-state index in [0.717, 1.165) is 37.4 Å². The van der Waals surface area contributed by atoms with Gasteiger partial charge in [-0.2, -0.15) is 0 Å². The van der Waals surface area contributed by atoms with Crippen molar-refractivity contribution in [3.8, 4) is 0 Å². The fourth-order valence-electron chi connectivity index (χ4n) is 3.62. The van der Waals surface area contributed by atoms with Gasteiger partial charge in [-0.15, -0.1) is 11.3 Å². The Labute approximate surface area is 163 Å². The van der Waals surface area contributed by atoms with Gasteiger partial charge in [-0.25, -0.2) is 0 Å². The van der Waals surface area contributed by atoms with Gasteiger partial charge in [0.25, 0.3) is 0 Å². The summed E-state index contributed by atoms with van der Waals surface area (Å²) in [6.07, 6.45) is 5.53. The molecule has 138 valence electrons. The summed E-state index contributed by atoms with van der Waals surface area (Å²) in [5.41, 5.74) is 3.69. The highest BCUT2D eigenvalue weighted by atomic mass is 35.5. The lowest BCUT2D eigenvalue weighted by molar-refractivity contribution is -0.138. The minimum atomic E-state index is -0.700. The summed E-state index contributed by atoms with van der Waals surface area (Å²) < 4.78 is 0. The molecule has 3 nitrogen and oxygen atoms in total. The van der Waals surface area contributed by atoms with Gasteiger partial charge in [-0.3, -0.25) is 9.69 Å². The first kappa shape index (κ1) is 19.2. The maximum Gasteiger partial charge on any atom is 0.304 e. The summed E-state index contributed by atoms with van der Waals surface area (Å²) in [5, 5.41) is 11.9. The SMILES string of the molecule is Cc1ccsc1C(=CCCN1CCC[C@H]1CC(=O)O)c1ccc(Cl)cc1. The van der Waals surface area contributed by atoms with E-state index in [9.17, 15) is 4.79 Å². The molecule has 0 unspecified atom stereocenters. The van der Waals surface area contributed by atoms with Crippen molar-refractivity contribution < 1.29 is 9.90 Å². The highest BCUT2D eigenvalue weighted by molar-refractivity contribution is 7.11. The molecule has 1 fully saturated rings. The molecule has 0 radical (unpaired) electrons. The van der Waals surface area contributed by atoms with Crippen molar-refractivity contribution in [1.82, 2.24) is 4.90 Å². The molecule has 1 N–H and O–H groups in total. The molecule has 1 aromatic carbocycles. The van der Waals surface area contributed by atoms with Gasteiger partial charge in [-0.05, 0) is 73.0 Å². The van der Waals surface area contributed by atoms with E-state index in [0.29, 0.717) is 0 Å². The molecule has 2 heterocycles. The third kappa shape index (κ3) is 4.76. The van der Waals surface area contributed by atoms with Crippen LogP contribution in [0.25, 0.3) is 5.57 Å². The predicted octanol–water partition coefficient (Wildman–Crippen LogP) is 5.47. The lowest BCUT2D eigenvalue weighted by atomic mass is 10.0. The number of aryl methyl sites for hydroxylation is 1. The number of carboxylic acid groups (broad SMARTS) is 1. The van der Waals surface area contributed by atoms with E-state index in [1.165, 1.54) is 21.6 Å². The van der Waals surface area contributed by atoms with Gasteiger partial charge in [-0.1, -0.05) is 29.8 Å². The fourth-order valence-corrected chi connectivity index (χ4v) is 4.73. The largest absolute Gasteiger partial charge is 0.481 e. The number of thiophene rings is 1. The van der Waals surface area contributed by atoms with Crippen molar-refractivity contribution in [1.29, 1.82) is 0 Å². The number of carbonyl (C=O) groups is 1. The average molecular weight is 390 g/mol. The molecule has 26 heavy (non-hydrogen) atoms. The van der Waals surface area contributed by atoms with Gasteiger partial charge in [0.15, 0.2) is 0 Å². The number of hydrogen-bond donors (Lipinski definition) is 1. The first-order chi connectivity index (χ1) is 12.5. The number of carboxylic acids is 1. The zero-order valence-electron chi connectivity index (χ0n) is 15.0. The van der Waals surface area contributed by atoms with Crippen molar-refractivity contribution in [3.63, 3.8) is 0 Å². The molecule has 1 atom stereocenters. The maximum atomic E-state index is 11.0. The Morgan fingerprint density at radius 3 is 2.77 bits per heavy atom. The normalized spacial score (nSPS) is 18.4. The molecule has 1 aliphatic heterocycles. The van der Waals surface area contributed by atoms with E-state index >= 15 is 0 Å². The highest BCUT2D eigenvalue weighted by Crippen LogP contribution is 2.32. The maximum absolute atomic E-state index is 11.0. The number of hydrogen-bond acceptors (Lipinski definition) is 3. The van der Waals surface area contributed by atoms with E-state index in [-0.39, 0.29) is 12.5 Å². The molecule has 1 aromatic heterocycles. The zero-order valence-corrected chi connectivity index (χ0v) is 16.5. The second kappa shape index (κ2) is 8.85. The molecule has 0 aliphatic carbocycles. The van der Waals surface area contributed by atoms with Crippen LogP contribution in [0.2, 0.25) is 5.02 Å². The molecular formula is C21H24ClNO2S. The summed E-state index contributed by atoms with van der Waals surface area (Å²) in [5.74, 6) is -0.700. The average Bonchev–Trinajstić information content (AvgIpc) is 3.21. The van der Waals surface area contributed by atoms with E-state index in [2.05, 4.69) is 41.5 Å². The van der Waals surface area contributed by atoms with Crippen molar-refractivity contribution >= 4 is 34.5 Å². The van der Waals surface area contributed by atoms with Crippen LogP contribution in [0.5, 0.6) is 0 Å². The van der Waals surface area contributed by atoms with E-state index in [1.54, 1.807) is 11.3 Å². The summed E-state index contributed by atoms with van der Waals surface area (Å²) >= 11 is 7.80. The van der Waals surface area contributed by atoms with E-state index in [1.807, 2.05) is 12.1 Å². The standard InChI is InChI=1S/C21H24ClNO2S/c1-15-10-13-26-21(15)19(16-6-8-17(22)9-7-16)5-3-12-23-11-2-4-18(23)14-20(24)25/h5-10,13,18H,2-4,11-12,14H2,1H3,(H,24,25)/t18-/m0/s1.